The molecule has 0 bridgehead atoms. The number of anilines is 1. The molecule has 0 fully saturated rings. The number of fused-ring (bicyclic) bond motifs is 1. The molecule has 1 aliphatic rings. The van der Waals surface area contributed by atoms with Crippen molar-refractivity contribution < 1.29 is 18.8 Å². The number of benzene rings is 2. The van der Waals surface area contributed by atoms with Gasteiger partial charge in [0.05, 0.1) is 12.7 Å². The molecular formula is C22H18N4O4. The zero-order chi connectivity index (χ0) is 20.3. The Labute approximate surface area is 172 Å². The first kappa shape index (κ1) is 18.0. The van der Waals surface area contributed by atoms with Crippen molar-refractivity contribution in [1.29, 1.82) is 0 Å². The van der Waals surface area contributed by atoms with Gasteiger partial charge in [-0.3, -0.25) is 4.79 Å². The summed E-state index contributed by atoms with van der Waals surface area (Å²) in [5.74, 6) is 2.00. The molecule has 0 aliphatic carbocycles. The van der Waals surface area contributed by atoms with Gasteiger partial charge in [-0.05, 0) is 23.8 Å². The fraction of sp³-hybridized carbons (Fsp3) is 0.136. The summed E-state index contributed by atoms with van der Waals surface area (Å²) in [6.07, 6.45) is 1.64. The highest BCUT2D eigenvalue weighted by Gasteiger charge is 2.18. The molecule has 0 saturated carbocycles. The lowest BCUT2D eigenvalue weighted by molar-refractivity contribution is 0.101. The second-order valence-corrected chi connectivity index (χ2v) is 6.75. The Bertz CT molecular complexity index is 1180. The van der Waals surface area contributed by atoms with E-state index in [1.165, 1.54) is 0 Å². The average molecular weight is 402 g/mol. The van der Waals surface area contributed by atoms with Crippen molar-refractivity contribution in [3.63, 3.8) is 0 Å². The Morgan fingerprint density at radius 1 is 1.00 bits per heavy atom. The molecule has 2 aromatic carbocycles. The Morgan fingerprint density at radius 2 is 1.83 bits per heavy atom. The van der Waals surface area contributed by atoms with Crippen LogP contribution in [-0.4, -0.2) is 34.1 Å². The SMILES string of the molecule is O=C(Nc1ccnn1Cc1ccccc1)c1cc(-c2ccc3c(c2)OCCO3)on1. The summed E-state index contributed by atoms with van der Waals surface area (Å²) in [5.41, 5.74) is 2.01. The van der Waals surface area contributed by atoms with Crippen LogP contribution < -0.4 is 14.8 Å². The lowest BCUT2D eigenvalue weighted by atomic mass is 10.1. The summed E-state index contributed by atoms with van der Waals surface area (Å²) >= 11 is 0. The van der Waals surface area contributed by atoms with E-state index in [9.17, 15) is 4.79 Å². The fourth-order valence-electron chi connectivity index (χ4n) is 3.22. The largest absolute Gasteiger partial charge is 0.486 e. The third kappa shape index (κ3) is 3.62. The number of carbonyl (C=O) groups excluding carboxylic acids is 1. The second-order valence-electron chi connectivity index (χ2n) is 6.75. The molecule has 30 heavy (non-hydrogen) atoms. The molecule has 1 N–H and O–H groups in total. The molecule has 0 spiro atoms. The first-order chi connectivity index (χ1) is 14.8. The number of ether oxygens (including phenoxy) is 2. The molecule has 8 nitrogen and oxygen atoms in total. The van der Waals surface area contributed by atoms with E-state index < -0.39 is 0 Å². The van der Waals surface area contributed by atoms with Gasteiger partial charge in [0.2, 0.25) is 0 Å². The monoisotopic (exact) mass is 402 g/mol. The van der Waals surface area contributed by atoms with Crippen LogP contribution in [0.25, 0.3) is 11.3 Å². The Kier molecular flexibility index (Phi) is 4.65. The van der Waals surface area contributed by atoms with E-state index in [-0.39, 0.29) is 11.6 Å². The van der Waals surface area contributed by atoms with Gasteiger partial charge in [0.15, 0.2) is 23.0 Å². The summed E-state index contributed by atoms with van der Waals surface area (Å²) in [6.45, 7) is 1.57. The predicted molar refractivity (Wildman–Crippen MR) is 109 cm³/mol. The van der Waals surface area contributed by atoms with Gasteiger partial charge in [-0.25, -0.2) is 4.68 Å². The minimum absolute atomic E-state index is 0.173. The van der Waals surface area contributed by atoms with Crippen molar-refractivity contribution in [3.05, 3.63) is 78.1 Å². The standard InChI is InChI=1S/C22H18N4O4/c27-22(24-21-8-9-23-26(21)14-15-4-2-1-3-5-15)17-13-19(30-25-17)16-6-7-18-20(12-16)29-11-10-28-18/h1-9,12-13H,10-11,14H2,(H,24,27). The summed E-state index contributed by atoms with van der Waals surface area (Å²) < 4.78 is 18.2. The van der Waals surface area contributed by atoms with E-state index in [2.05, 4.69) is 15.6 Å². The Morgan fingerprint density at radius 3 is 2.70 bits per heavy atom. The quantitative estimate of drug-likeness (QED) is 0.548. The minimum atomic E-state index is -0.377. The Balaban J connectivity index is 1.32. The molecule has 0 unspecified atom stereocenters. The van der Waals surface area contributed by atoms with Gasteiger partial charge in [-0.2, -0.15) is 5.10 Å². The van der Waals surface area contributed by atoms with Gasteiger partial charge in [0.1, 0.15) is 19.0 Å². The first-order valence-electron chi connectivity index (χ1n) is 9.50. The molecule has 2 aromatic heterocycles. The van der Waals surface area contributed by atoms with Crippen LogP contribution in [0.1, 0.15) is 16.1 Å². The van der Waals surface area contributed by atoms with Crippen LogP contribution in [0, 0.1) is 0 Å². The Hall–Kier alpha value is -4.07. The summed E-state index contributed by atoms with van der Waals surface area (Å²) in [5, 5.41) is 11.0. The zero-order valence-electron chi connectivity index (χ0n) is 15.9. The summed E-state index contributed by atoms with van der Waals surface area (Å²) in [7, 11) is 0. The van der Waals surface area contributed by atoms with E-state index in [0.717, 1.165) is 11.1 Å². The minimum Gasteiger partial charge on any atom is -0.486 e. The first-order valence-corrected chi connectivity index (χ1v) is 9.50. The van der Waals surface area contributed by atoms with Crippen LogP contribution in [0.4, 0.5) is 5.82 Å². The number of nitrogens with one attached hydrogen (secondary N) is 1. The van der Waals surface area contributed by atoms with Gasteiger partial charge in [0.25, 0.3) is 5.91 Å². The summed E-state index contributed by atoms with van der Waals surface area (Å²) in [4.78, 5) is 12.7. The highest BCUT2D eigenvalue weighted by molar-refractivity contribution is 6.02. The number of hydrogen-bond acceptors (Lipinski definition) is 6. The smallest absolute Gasteiger partial charge is 0.279 e. The zero-order valence-corrected chi connectivity index (χ0v) is 15.9. The lowest BCUT2D eigenvalue weighted by Gasteiger charge is -2.18. The van der Waals surface area contributed by atoms with Gasteiger partial charge in [-0.15, -0.1) is 0 Å². The van der Waals surface area contributed by atoms with Crippen LogP contribution in [-0.2, 0) is 6.54 Å². The van der Waals surface area contributed by atoms with Crippen LogP contribution >= 0.6 is 0 Å². The van der Waals surface area contributed by atoms with Gasteiger partial charge in [-0.1, -0.05) is 35.5 Å². The van der Waals surface area contributed by atoms with Crippen molar-refractivity contribution in [2.45, 2.75) is 6.54 Å². The van der Waals surface area contributed by atoms with Crippen molar-refractivity contribution >= 4 is 11.7 Å². The van der Waals surface area contributed by atoms with Crippen LogP contribution in [0.3, 0.4) is 0 Å². The number of carbonyl (C=O) groups is 1. The molecule has 0 saturated heterocycles. The number of hydrogen-bond donors (Lipinski definition) is 1. The van der Waals surface area contributed by atoms with Crippen molar-refractivity contribution in [3.8, 4) is 22.8 Å². The van der Waals surface area contributed by atoms with E-state index >= 15 is 0 Å². The molecule has 1 amide bonds. The van der Waals surface area contributed by atoms with Crippen LogP contribution in [0.2, 0.25) is 0 Å². The molecule has 5 rings (SSSR count). The van der Waals surface area contributed by atoms with E-state index in [4.69, 9.17) is 14.0 Å². The van der Waals surface area contributed by atoms with Gasteiger partial charge >= 0.3 is 0 Å². The maximum Gasteiger partial charge on any atom is 0.279 e. The van der Waals surface area contributed by atoms with Gasteiger partial charge < -0.3 is 19.3 Å². The van der Waals surface area contributed by atoms with E-state index in [0.29, 0.717) is 42.8 Å². The number of aromatic nitrogens is 3. The maximum atomic E-state index is 12.7. The number of nitrogens with zero attached hydrogens (tertiary/aromatic N) is 3. The summed E-state index contributed by atoms with van der Waals surface area (Å²) in [6, 6.07) is 18.7. The highest BCUT2D eigenvalue weighted by Crippen LogP contribution is 2.34. The van der Waals surface area contributed by atoms with E-state index in [1.807, 2.05) is 48.5 Å². The molecule has 8 heteroatoms. The second kappa shape index (κ2) is 7.75. The molecular weight excluding hydrogens is 384 g/mol. The molecule has 4 aromatic rings. The highest BCUT2D eigenvalue weighted by atomic mass is 16.6. The molecule has 150 valence electrons. The normalized spacial score (nSPS) is 12.5. The average Bonchev–Trinajstić information content (AvgIpc) is 3.44. The third-order valence-corrected chi connectivity index (χ3v) is 4.70. The van der Waals surface area contributed by atoms with Crippen molar-refractivity contribution in [1.82, 2.24) is 14.9 Å². The van der Waals surface area contributed by atoms with Crippen LogP contribution in [0.5, 0.6) is 11.5 Å². The fourth-order valence-corrected chi connectivity index (χ4v) is 3.22. The van der Waals surface area contributed by atoms with Crippen molar-refractivity contribution in [2.75, 3.05) is 18.5 Å². The maximum absolute atomic E-state index is 12.7. The topological polar surface area (TPSA) is 91.4 Å². The van der Waals surface area contributed by atoms with E-state index in [1.54, 1.807) is 23.0 Å². The molecule has 3 heterocycles. The van der Waals surface area contributed by atoms with Gasteiger partial charge in [0, 0.05) is 17.7 Å². The molecule has 1 aliphatic heterocycles. The third-order valence-electron chi connectivity index (χ3n) is 4.70. The van der Waals surface area contributed by atoms with Crippen molar-refractivity contribution in [2.24, 2.45) is 0 Å². The number of amides is 1. The molecule has 0 radical (unpaired) electrons. The number of rotatable bonds is 5. The lowest BCUT2D eigenvalue weighted by Crippen LogP contribution is -2.16. The predicted octanol–water partition coefficient (Wildman–Crippen LogP) is 3.61. The van der Waals surface area contributed by atoms with Crippen LogP contribution in [0.15, 0.2) is 71.4 Å². The molecule has 0 atom stereocenters.